The summed E-state index contributed by atoms with van der Waals surface area (Å²) in [5.74, 6) is -0.365. The number of nitrogens with one attached hydrogen (secondary N) is 2. The molecule has 0 amide bonds. The fourth-order valence-corrected chi connectivity index (χ4v) is 6.88. The van der Waals surface area contributed by atoms with Crippen molar-refractivity contribution in [3.63, 3.8) is 0 Å². The molecule has 0 spiro atoms. The van der Waals surface area contributed by atoms with Gasteiger partial charge in [0.05, 0.1) is 0 Å². The predicted molar refractivity (Wildman–Crippen MR) is 160 cm³/mol. The third-order valence-electron chi connectivity index (χ3n) is 7.67. The zero-order chi connectivity index (χ0) is 30.8. The van der Waals surface area contributed by atoms with Gasteiger partial charge in [0.2, 0.25) is 0 Å². The minimum absolute atomic E-state index is 0.000657. The highest BCUT2D eigenvalue weighted by atomic mass is 16.5. The van der Waals surface area contributed by atoms with Crippen LogP contribution in [0.5, 0.6) is 0 Å². The Balaban J connectivity index is 1.58. The Morgan fingerprint density at radius 2 is 1.02 bits per heavy atom. The topological polar surface area (TPSA) is 140 Å². The normalized spacial score (nSPS) is 23.8. The SMILES string of the molecule is Cc1nc(/N=C/C(=O)OC(C)C2CC(C)(C)NC(C)(C)C2)nc(/N=C/C(=O)OC(C)C2CC(C)(C)NC(C)(C)C2)n1. The molecule has 0 aliphatic carbocycles. The van der Waals surface area contributed by atoms with Crippen molar-refractivity contribution in [2.24, 2.45) is 21.8 Å². The van der Waals surface area contributed by atoms with Crippen LogP contribution in [0.2, 0.25) is 0 Å². The monoisotopic (exact) mass is 571 g/mol. The molecule has 228 valence electrons. The molecule has 2 unspecified atom stereocenters. The number of aryl methyl sites for hydroxylation is 1. The van der Waals surface area contributed by atoms with Crippen LogP contribution < -0.4 is 10.6 Å². The number of esters is 2. The predicted octanol–water partition coefficient (Wildman–Crippen LogP) is 4.56. The first-order valence-electron chi connectivity index (χ1n) is 14.5. The number of aromatic nitrogens is 3. The number of hydrogen-bond acceptors (Lipinski definition) is 11. The Bertz CT molecular complexity index is 1060. The second-order valence-corrected chi connectivity index (χ2v) is 14.4. The van der Waals surface area contributed by atoms with Gasteiger partial charge in [-0.3, -0.25) is 0 Å². The van der Waals surface area contributed by atoms with Crippen LogP contribution in [0, 0.1) is 18.8 Å². The maximum absolute atomic E-state index is 12.5. The molecule has 2 N–H and O–H groups in total. The van der Waals surface area contributed by atoms with Crippen molar-refractivity contribution in [2.45, 2.75) is 136 Å². The van der Waals surface area contributed by atoms with E-state index in [2.05, 4.69) is 91.0 Å². The Kier molecular flexibility index (Phi) is 9.75. The molecule has 3 rings (SSSR count). The molecule has 2 aliphatic heterocycles. The van der Waals surface area contributed by atoms with E-state index < -0.39 is 11.9 Å². The number of nitrogens with zero attached hydrogens (tertiary/aromatic N) is 5. The van der Waals surface area contributed by atoms with Crippen LogP contribution in [0.15, 0.2) is 9.98 Å². The third-order valence-corrected chi connectivity index (χ3v) is 7.67. The quantitative estimate of drug-likeness (QED) is 0.339. The van der Waals surface area contributed by atoms with E-state index in [0.29, 0.717) is 5.82 Å². The van der Waals surface area contributed by atoms with Gasteiger partial charge in [0, 0.05) is 22.2 Å². The van der Waals surface area contributed by atoms with E-state index in [1.165, 1.54) is 0 Å². The van der Waals surface area contributed by atoms with Crippen LogP contribution in [-0.4, -0.2) is 73.7 Å². The molecular formula is C30H49N7O4. The summed E-state index contributed by atoms with van der Waals surface area (Å²) < 4.78 is 11.3. The molecule has 2 saturated heterocycles. The van der Waals surface area contributed by atoms with Gasteiger partial charge in [0.25, 0.3) is 11.9 Å². The zero-order valence-electron chi connectivity index (χ0n) is 26.7. The standard InChI is InChI=1S/C30H49N7O4/c1-18(21-12-27(4,5)36-28(6,7)13-21)40-23(38)16-31-25-33-20(3)34-26(35-25)32-17-24(39)41-19(2)22-14-29(8,9)37-30(10,11)15-22/h16-19,21-22,36-37H,12-15H2,1-11H3/b31-16+,32-17+. The average Bonchev–Trinajstić information content (AvgIpc) is 2.77. The van der Waals surface area contributed by atoms with Crippen LogP contribution in [0.4, 0.5) is 11.9 Å². The number of aliphatic imine (C=N–C) groups is 2. The van der Waals surface area contributed by atoms with Gasteiger partial charge in [-0.25, -0.2) is 19.6 Å². The molecular weight excluding hydrogens is 522 g/mol. The molecule has 1 aromatic heterocycles. The highest BCUT2D eigenvalue weighted by Crippen LogP contribution is 2.36. The Hall–Kier alpha value is -2.79. The van der Waals surface area contributed by atoms with Crippen LogP contribution in [0.1, 0.15) is 101 Å². The maximum Gasteiger partial charge on any atom is 0.349 e. The van der Waals surface area contributed by atoms with Gasteiger partial charge >= 0.3 is 11.9 Å². The smallest absolute Gasteiger partial charge is 0.349 e. The number of ether oxygens (including phenoxy) is 2. The lowest BCUT2D eigenvalue weighted by Crippen LogP contribution is -2.59. The van der Waals surface area contributed by atoms with Crippen molar-refractivity contribution in [1.29, 1.82) is 0 Å². The van der Waals surface area contributed by atoms with E-state index in [9.17, 15) is 9.59 Å². The molecule has 0 aromatic carbocycles. The Morgan fingerprint density at radius 1 is 0.707 bits per heavy atom. The lowest BCUT2D eigenvalue weighted by atomic mass is 9.74. The first kappa shape index (κ1) is 32.7. The molecule has 3 heterocycles. The second kappa shape index (κ2) is 12.2. The molecule has 0 bridgehead atoms. The second-order valence-electron chi connectivity index (χ2n) is 14.4. The van der Waals surface area contributed by atoms with Gasteiger partial charge in [-0.15, -0.1) is 0 Å². The summed E-state index contributed by atoms with van der Waals surface area (Å²) in [6.45, 7) is 22.8. The maximum atomic E-state index is 12.5. The summed E-state index contributed by atoms with van der Waals surface area (Å²) in [5, 5.41) is 7.28. The molecule has 0 radical (unpaired) electrons. The van der Waals surface area contributed by atoms with Gasteiger partial charge in [-0.05, 0) is 114 Å². The van der Waals surface area contributed by atoms with E-state index in [1.807, 2.05) is 13.8 Å². The fraction of sp³-hybridized carbons (Fsp3) is 0.767. The van der Waals surface area contributed by atoms with Crippen molar-refractivity contribution >= 4 is 36.3 Å². The molecule has 2 fully saturated rings. The largest absolute Gasteiger partial charge is 0.458 e. The van der Waals surface area contributed by atoms with E-state index in [-0.39, 0.29) is 58.1 Å². The van der Waals surface area contributed by atoms with E-state index in [4.69, 9.17) is 9.47 Å². The Labute approximate surface area is 244 Å². The van der Waals surface area contributed by atoms with Crippen LogP contribution in [0.25, 0.3) is 0 Å². The number of rotatable bonds is 8. The summed E-state index contributed by atoms with van der Waals surface area (Å²) in [4.78, 5) is 45.7. The minimum atomic E-state index is -0.573. The van der Waals surface area contributed by atoms with Crippen molar-refractivity contribution in [2.75, 3.05) is 0 Å². The van der Waals surface area contributed by atoms with Crippen molar-refractivity contribution in [3.05, 3.63) is 5.82 Å². The molecule has 0 saturated carbocycles. The van der Waals surface area contributed by atoms with Gasteiger partial charge in [-0.1, -0.05) is 0 Å². The van der Waals surface area contributed by atoms with Crippen molar-refractivity contribution in [1.82, 2.24) is 25.6 Å². The summed E-state index contributed by atoms with van der Waals surface area (Å²) in [7, 11) is 0. The number of hydrogen-bond donors (Lipinski definition) is 2. The highest BCUT2D eigenvalue weighted by Gasteiger charge is 2.41. The zero-order valence-corrected chi connectivity index (χ0v) is 26.7. The first-order chi connectivity index (χ1) is 18.7. The van der Waals surface area contributed by atoms with E-state index >= 15 is 0 Å². The van der Waals surface area contributed by atoms with E-state index in [1.54, 1.807) is 6.92 Å². The summed E-state index contributed by atoms with van der Waals surface area (Å²) in [6, 6.07) is 0. The summed E-state index contributed by atoms with van der Waals surface area (Å²) in [5.41, 5.74) is -0.198. The molecule has 11 nitrogen and oxygen atoms in total. The average molecular weight is 572 g/mol. The third kappa shape index (κ3) is 10.2. The number of carbonyl (C=O) groups is 2. The minimum Gasteiger partial charge on any atom is -0.458 e. The Morgan fingerprint density at radius 3 is 1.34 bits per heavy atom. The molecule has 2 aliphatic rings. The lowest BCUT2D eigenvalue weighted by Gasteiger charge is -2.47. The lowest BCUT2D eigenvalue weighted by molar-refractivity contribution is -0.144. The highest BCUT2D eigenvalue weighted by molar-refractivity contribution is 6.24. The molecule has 11 heteroatoms. The van der Waals surface area contributed by atoms with Crippen LogP contribution >= 0.6 is 0 Å². The van der Waals surface area contributed by atoms with E-state index in [0.717, 1.165) is 38.1 Å². The van der Waals surface area contributed by atoms with Gasteiger partial charge in [0.1, 0.15) is 30.5 Å². The van der Waals surface area contributed by atoms with Gasteiger partial charge in [0.15, 0.2) is 0 Å². The van der Waals surface area contributed by atoms with Crippen LogP contribution in [-0.2, 0) is 19.1 Å². The number of piperidine rings is 2. The summed E-state index contributed by atoms with van der Waals surface area (Å²) in [6.07, 6.45) is 5.16. The first-order valence-corrected chi connectivity index (χ1v) is 14.5. The van der Waals surface area contributed by atoms with Gasteiger partial charge < -0.3 is 20.1 Å². The number of carbonyl (C=O) groups excluding carboxylic acids is 2. The molecule has 2 atom stereocenters. The molecule has 41 heavy (non-hydrogen) atoms. The van der Waals surface area contributed by atoms with Gasteiger partial charge in [-0.2, -0.15) is 15.0 Å². The summed E-state index contributed by atoms with van der Waals surface area (Å²) >= 11 is 0. The van der Waals surface area contributed by atoms with Crippen molar-refractivity contribution < 1.29 is 19.1 Å². The molecule has 1 aromatic rings. The van der Waals surface area contributed by atoms with Crippen LogP contribution in [0.3, 0.4) is 0 Å². The fourth-order valence-electron chi connectivity index (χ4n) is 6.88. The van der Waals surface area contributed by atoms with Crippen molar-refractivity contribution in [3.8, 4) is 0 Å².